The summed E-state index contributed by atoms with van der Waals surface area (Å²) in [5.41, 5.74) is 0.773. The van der Waals surface area contributed by atoms with Crippen molar-refractivity contribution in [1.82, 2.24) is 5.32 Å². The van der Waals surface area contributed by atoms with Crippen molar-refractivity contribution in [3.63, 3.8) is 0 Å². The zero-order valence-corrected chi connectivity index (χ0v) is 11.8. The van der Waals surface area contributed by atoms with Crippen LogP contribution in [0, 0.1) is 11.6 Å². The number of rotatable bonds is 4. The van der Waals surface area contributed by atoms with Crippen molar-refractivity contribution in [3.05, 3.63) is 64.7 Å². The van der Waals surface area contributed by atoms with Gasteiger partial charge in [-0.1, -0.05) is 29.8 Å². The minimum atomic E-state index is -0.681. The van der Waals surface area contributed by atoms with Crippen LogP contribution in [0.5, 0.6) is 0 Å². The maximum absolute atomic E-state index is 13.6. The molecule has 0 bridgehead atoms. The molecular formula is C15H13ClF2N2O. The lowest BCUT2D eigenvalue weighted by atomic mass is 10.1. The van der Waals surface area contributed by atoms with Gasteiger partial charge in [-0.3, -0.25) is 0 Å². The molecule has 0 aromatic heterocycles. The van der Waals surface area contributed by atoms with Gasteiger partial charge in [-0.15, -0.1) is 0 Å². The molecule has 6 heteroatoms. The van der Waals surface area contributed by atoms with E-state index in [9.17, 15) is 13.6 Å². The Morgan fingerprint density at radius 2 is 1.90 bits per heavy atom. The monoisotopic (exact) mass is 310 g/mol. The van der Waals surface area contributed by atoms with E-state index in [1.807, 2.05) is 0 Å². The fourth-order valence-corrected chi connectivity index (χ4v) is 1.95. The molecule has 0 aliphatic heterocycles. The summed E-state index contributed by atoms with van der Waals surface area (Å²) in [5.74, 6) is -1.00. The van der Waals surface area contributed by atoms with Crippen molar-refractivity contribution in [1.29, 1.82) is 0 Å². The average molecular weight is 311 g/mol. The second kappa shape index (κ2) is 7.04. The van der Waals surface area contributed by atoms with E-state index in [1.165, 1.54) is 30.3 Å². The second-order valence-electron chi connectivity index (χ2n) is 4.36. The van der Waals surface area contributed by atoms with Crippen LogP contribution < -0.4 is 10.6 Å². The van der Waals surface area contributed by atoms with Crippen LogP contribution in [0.25, 0.3) is 0 Å². The quantitative estimate of drug-likeness (QED) is 0.881. The lowest BCUT2D eigenvalue weighted by Crippen LogP contribution is -2.30. The highest BCUT2D eigenvalue weighted by molar-refractivity contribution is 6.31. The third-order valence-electron chi connectivity index (χ3n) is 2.79. The first-order valence-corrected chi connectivity index (χ1v) is 6.67. The minimum absolute atomic E-state index is 0.00533. The summed E-state index contributed by atoms with van der Waals surface area (Å²) < 4.78 is 26.5. The predicted octanol–water partition coefficient (Wildman–Crippen LogP) is 3.98. The van der Waals surface area contributed by atoms with E-state index in [1.54, 1.807) is 12.1 Å². The van der Waals surface area contributed by atoms with Crippen LogP contribution in [-0.4, -0.2) is 12.6 Å². The molecule has 0 radical (unpaired) electrons. The number of hydrogen-bond acceptors (Lipinski definition) is 1. The van der Waals surface area contributed by atoms with Crippen LogP contribution >= 0.6 is 11.6 Å². The Morgan fingerprint density at radius 1 is 1.14 bits per heavy atom. The number of carbonyl (C=O) groups excluding carboxylic acids is 1. The Labute approximate surface area is 125 Å². The molecule has 0 spiro atoms. The summed E-state index contributed by atoms with van der Waals surface area (Å²) in [5, 5.41) is 4.87. The van der Waals surface area contributed by atoms with Crippen molar-refractivity contribution in [2.75, 3.05) is 11.9 Å². The molecule has 0 fully saturated rings. The average Bonchev–Trinajstić information content (AvgIpc) is 2.44. The van der Waals surface area contributed by atoms with E-state index < -0.39 is 11.8 Å². The summed E-state index contributed by atoms with van der Waals surface area (Å²) in [6.07, 6.45) is 0.475. The van der Waals surface area contributed by atoms with Gasteiger partial charge in [-0.2, -0.15) is 0 Å². The summed E-state index contributed by atoms with van der Waals surface area (Å²) in [6.45, 7) is 0.303. The Morgan fingerprint density at radius 3 is 2.67 bits per heavy atom. The summed E-state index contributed by atoms with van der Waals surface area (Å²) in [6, 6.07) is 9.91. The molecule has 2 amide bonds. The van der Waals surface area contributed by atoms with E-state index in [0.29, 0.717) is 13.0 Å². The molecule has 0 unspecified atom stereocenters. The van der Waals surface area contributed by atoms with Gasteiger partial charge in [0.15, 0.2) is 5.82 Å². The highest BCUT2D eigenvalue weighted by Gasteiger charge is 2.09. The number of urea groups is 1. The van der Waals surface area contributed by atoms with Crippen LogP contribution in [0.4, 0.5) is 19.3 Å². The zero-order chi connectivity index (χ0) is 15.2. The molecule has 2 aromatic carbocycles. The summed E-state index contributed by atoms with van der Waals surface area (Å²) in [4.78, 5) is 11.6. The molecule has 110 valence electrons. The van der Waals surface area contributed by atoms with Crippen molar-refractivity contribution < 1.29 is 13.6 Å². The van der Waals surface area contributed by atoms with Crippen molar-refractivity contribution >= 4 is 23.3 Å². The van der Waals surface area contributed by atoms with E-state index >= 15 is 0 Å². The molecule has 0 aliphatic rings. The first-order chi connectivity index (χ1) is 10.1. The molecule has 2 rings (SSSR count). The molecule has 2 N–H and O–H groups in total. The largest absolute Gasteiger partial charge is 0.338 e. The van der Waals surface area contributed by atoms with E-state index in [2.05, 4.69) is 10.6 Å². The Balaban J connectivity index is 1.84. The van der Waals surface area contributed by atoms with E-state index in [-0.39, 0.29) is 16.5 Å². The number of nitrogens with one attached hydrogen (secondary N) is 2. The van der Waals surface area contributed by atoms with Crippen molar-refractivity contribution in [2.24, 2.45) is 0 Å². The van der Waals surface area contributed by atoms with Gasteiger partial charge < -0.3 is 10.6 Å². The molecule has 3 nitrogen and oxygen atoms in total. The van der Waals surface area contributed by atoms with Gasteiger partial charge in [0.1, 0.15) is 5.82 Å². The van der Waals surface area contributed by atoms with Crippen molar-refractivity contribution in [3.8, 4) is 0 Å². The highest BCUT2D eigenvalue weighted by atomic mass is 35.5. The maximum atomic E-state index is 13.6. The third kappa shape index (κ3) is 4.43. The van der Waals surface area contributed by atoms with Crippen LogP contribution in [-0.2, 0) is 6.42 Å². The maximum Gasteiger partial charge on any atom is 0.319 e. The molecule has 0 aliphatic carbocycles. The first kappa shape index (κ1) is 15.3. The Bertz CT molecular complexity index is 649. The fourth-order valence-electron chi connectivity index (χ4n) is 1.78. The second-order valence-corrected chi connectivity index (χ2v) is 4.77. The van der Waals surface area contributed by atoms with Crippen LogP contribution in [0.15, 0.2) is 42.5 Å². The predicted molar refractivity (Wildman–Crippen MR) is 78.5 cm³/mol. The molecule has 0 saturated heterocycles. The normalized spacial score (nSPS) is 10.2. The van der Waals surface area contributed by atoms with Gasteiger partial charge in [-0.05, 0) is 36.2 Å². The zero-order valence-electron chi connectivity index (χ0n) is 11.0. The summed E-state index contributed by atoms with van der Waals surface area (Å²) in [7, 11) is 0. The number of halogens is 3. The van der Waals surface area contributed by atoms with Crippen LogP contribution in [0.3, 0.4) is 0 Å². The van der Waals surface area contributed by atoms with Gasteiger partial charge in [0.2, 0.25) is 0 Å². The molecule has 2 aromatic rings. The molecular weight excluding hydrogens is 298 g/mol. The standard InChI is InChI=1S/C15H13ClF2N2O/c16-12-5-2-6-13(14(12)18)20-15(21)19-8-7-10-3-1-4-11(17)9-10/h1-6,9H,7-8H2,(H2,19,20,21). The number of anilines is 1. The third-order valence-corrected chi connectivity index (χ3v) is 3.08. The lowest BCUT2D eigenvalue weighted by Gasteiger charge is -2.09. The van der Waals surface area contributed by atoms with Gasteiger partial charge in [0.25, 0.3) is 0 Å². The molecule has 0 saturated carbocycles. The molecule has 21 heavy (non-hydrogen) atoms. The highest BCUT2D eigenvalue weighted by Crippen LogP contribution is 2.21. The fraction of sp³-hybridized carbons (Fsp3) is 0.133. The SMILES string of the molecule is O=C(NCCc1cccc(F)c1)Nc1cccc(Cl)c1F. The summed E-state index contributed by atoms with van der Waals surface area (Å²) >= 11 is 5.61. The number of amides is 2. The van der Waals surface area contributed by atoms with E-state index in [4.69, 9.17) is 11.6 Å². The van der Waals surface area contributed by atoms with Gasteiger partial charge in [0.05, 0.1) is 10.7 Å². The smallest absolute Gasteiger partial charge is 0.319 e. The number of hydrogen-bond donors (Lipinski definition) is 2. The number of carbonyl (C=O) groups is 1. The Hall–Kier alpha value is -2.14. The van der Waals surface area contributed by atoms with E-state index in [0.717, 1.165) is 5.56 Å². The topological polar surface area (TPSA) is 41.1 Å². The van der Waals surface area contributed by atoms with Crippen molar-refractivity contribution in [2.45, 2.75) is 6.42 Å². The van der Waals surface area contributed by atoms with Gasteiger partial charge in [0, 0.05) is 6.54 Å². The Kier molecular flexibility index (Phi) is 5.11. The van der Waals surface area contributed by atoms with Crippen LogP contribution in [0.2, 0.25) is 5.02 Å². The first-order valence-electron chi connectivity index (χ1n) is 6.29. The minimum Gasteiger partial charge on any atom is -0.338 e. The van der Waals surface area contributed by atoms with Gasteiger partial charge >= 0.3 is 6.03 Å². The van der Waals surface area contributed by atoms with Crippen LogP contribution in [0.1, 0.15) is 5.56 Å². The lowest BCUT2D eigenvalue weighted by molar-refractivity contribution is 0.252. The number of benzene rings is 2. The molecule has 0 heterocycles. The van der Waals surface area contributed by atoms with Gasteiger partial charge in [-0.25, -0.2) is 13.6 Å². The molecule has 0 atom stereocenters.